The average Bonchev–Trinajstić information content (AvgIpc) is 3.92. The Balaban J connectivity index is 1.11. The number of halogens is 2. The molecule has 49 heavy (non-hydrogen) atoms. The molecule has 0 aliphatic carbocycles. The lowest BCUT2D eigenvalue weighted by molar-refractivity contribution is 0.565. The van der Waals surface area contributed by atoms with Gasteiger partial charge in [0.2, 0.25) is 0 Å². The summed E-state index contributed by atoms with van der Waals surface area (Å²) in [6.45, 7) is 4.59. The first-order valence-electron chi connectivity index (χ1n) is 18.8. The van der Waals surface area contributed by atoms with Crippen LogP contribution in [0, 0.1) is 0 Å². The number of hydrogen-bond acceptors (Lipinski definition) is 7. The predicted molar refractivity (Wildman–Crippen MR) is 232 cm³/mol. The fourth-order valence-electron chi connectivity index (χ4n) is 6.99. The zero-order valence-corrected chi connectivity index (χ0v) is 36.4. The number of hydrogen-bond donors (Lipinski definition) is 0. The molecule has 0 atom stereocenters. The maximum atomic E-state index is 4.87. The lowest BCUT2D eigenvalue weighted by atomic mass is 10.0. The van der Waals surface area contributed by atoms with Crippen molar-refractivity contribution in [3.63, 3.8) is 0 Å². The molecule has 264 valence electrons. The molecule has 5 heterocycles. The van der Waals surface area contributed by atoms with E-state index in [0.717, 1.165) is 23.9 Å². The van der Waals surface area contributed by atoms with Crippen molar-refractivity contribution in [1.82, 2.24) is 8.75 Å². The van der Waals surface area contributed by atoms with Gasteiger partial charge in [0, 0.05) is 30.3 Å². The van der Waals surface area contributed by atoms with Crippen LogP contribution in [-0.2, 0) is 12.8 Å². The Hall–Kier alpha value is -0.680. The van der Waals surface area contributed by atoms with Gasteiger partial charge in [-0.2, -0.15) is 8.75 Å². The number of thiophene rings is 4. The SMILES string of the molecule is CCCCCCCCCCCc1c(Br)sc2cc(-c3ccc(-c4cc5sc(Br)c(CCCCCCCCCCC)c5s4)c4nsnc34)sc12. The summed E-state index contributed by atoms with van der Waals surface area (Å²) in [7, 11) is 0. The average molecular weight is 879 g/mol. The van der Waals surface area contributed by atoms with Crippen LogP contribution >= 0.6 is 88.9 Å². The maximum absolute atomic E-state index is 4.87. The molecular weight excluding hydrogens is 829 g/mol. The molecule has 0 amide bonds. The normalized spacial score (nSPS) is 12.1. The summed E-state index contributed by atoms with van der Waals surface area (Å²) in [5.74, 6) is 0. The zero-order chi connectivity index (χ0) is 34.0. The van der Waals surface area contributed by atoms with Gasteiger partial charge in [-0.25, -0.2) is 0 Å². The Morgan fingerprint density at radius 1 is 0.490 bits per heavy atom. The minimum atomic E-state index is 1.05. The number of nitrogens with zero attached hydrogens (tertiary/aromatic N) is 2. The standard InChI is InChI=1S/C40H50Br2N2S5/c1-3-5-7-9-11-13-15-17-19-21-29-37-33(47-39(29)41)25-31(45-37)27-23-24-28(36-35(27)43-49-44-36)32-26-34-38(46-32)30(40(42)48-34)22-20-18-16-14-12-10-8-6-4-2/h23-26H,3-22H2,1-2H3. The van der Waals surface area contributed by atoms with Crippen LogP contribution in [-0.4, -0.2) is 8.75 Å². The number of fused-ring (bicyclic) bond motifs is 3. The summed E-state index contributed by atoms with van der Waals surface area (Å²) in [4.78, 5) is 2.62. The summed E-state index contributed by atoms with van der Waals surface area (Å²) in [6.07, 6.45) is 27.0. The van der Waals surface area contributed by atoms with Crippen LogP contribution in [0.25, 0.3) is 50.7 Å². The Bertz CT molecular complexity index is 1770. The third kappa shape index (κ3) is 9.66. The second-order valence-electron chi connectivity index (χ2n) is 13.6. The van der Waals surface area contributed by atoms with E-state index < -0.39 is 0 Å². The summed E-state index contributed by atoms with van der Waals surface area (Å²) in [6, 6.07) is 9.38. The number of aryl methyl sites for hydroxylation is 2. The fraction of sp³-hybridized carbons (Fsp3) is 0.550. The van der Waals surface area contributed by atoms with E-state index in [1.54, 1.807) is 0 Å². The van der Waals surface area contributed by atoms with E-state index in [1.165, 1.54) is 186 Å². The summed E-state index contributed by atoms with van der Waals surface area (Å²) in [5.41, 5.74) is 7.54. The largest absolute Gasteiger partial charge is 0.172 e. The lowest BCUT2D eigenvalue weighted by Gasteiger charge is -2.04. The highest BCUT2D eigenvalue weighted by Gasteiger charge is 2.21. The first-order chi connectivity index (χ1) is 24.1. The second-order valence-corrected chi connectivity index (χ2v) is 21.0. The van der Waals surface area contributed by atoms with Gasteiger partial charge in [-0.3, -0.25) is 0 Å². The van der Waals surface area contributed by atoms with Crippen molar-refractivity contribution < 1.29 is 0 Å². The van der Waals surface area contributed by atoms with E-state index in [2.05, 4.69) is 70.0 Å². The molecule has 2 nitrogen and oxygen atoms in total. The van der Waals surface area contributed by atoms with Gasteiger partial charge in [0.05, 0.1) is 28.7 Å². The first kappa shape index (κ1) is 38.1. The van der Waals surface area contributed by atoms with E-state index in [4.69, 9.17) is 8.75 Å². The van der Waals surface area contributed by atoms with Crippen LogP contribution in [0.4, 0.5) is 0 Å². The molecule has 5 aromatic heterocycles. The number of aromatic nitrogens is 2. The van der Waals surface area contributed by atoms with Gasteiger partial charge >= 0.3 is 0 Å². The number of benzene rings is 1. The molecule has 0 saturated carbocycles. The lowest BCUT2D eigenvalue weighted by Crippen LogP contribution is -1.86. The molecule has 0 N–H and O–H groups in total. The Labute approximate surface area is 330 Å². The van der Waals surface area contributed by atoms with Gasteiger partial charge in [-0.1, -0.05) is 129 Å². The predicted octanol–water partition coefficient (Wildman–Crippen LogP) is 17.2. The van der Waals surface area contributed by atoms with Crippen molar-refractivity contribution >= 4 is 119 Å². The van der Waals surface area contributed by atoms with E-state index in [9.17, 15) is 0 Å². The van der Waals surface area contributed by atoms with Crippen LogP contribution in [0.1, 0.15) is 141 Å². The molecule has 0 spiro atoms. The van der Waals surface area contributed by atoms with Crippen LogP contribution in [0.5, 0.6) is 0 Å². The van der Waals surface area contributed by atoms with Crippen molar-refractivity contribution in [3.05, 3.63) is 43.0 Å². The van der Waals surface area contributed by atoms with Gasteiger partial charge in [0.1, 0.15) is 11.0 Å². The summed E-state index contributed by atoms with van der Waals surface area (Å²) < 4.78 is 18.1. The van der Waals surface area contributed by atoms with Gasteiger partial charge in [0.25, 0.3) is 0 Å². The minimum Gasteiger partial charge on any atom is -0.172 e. The van der Waals surface area contributed by atoms with Crippen molar-refractivity contribution in [1.29, 1.82) is 0 Å². The summed E-state index contributed by atoms with van der Waals surface area (Å²) in [5, 5.41) is 0. The molecule has 0 bridgehead atoms. The molecule has 0 saturated heterocycles. The van der Waals surface area contributed by atoms with Crippen LogP contribution in [0.3, 0.4) is 0 Å². The molecule has 0 unspecified atom stereocenters. The topological polar surface area (TPSA) is 25.8 Å². The van der Waals surface area contributed by atoms with Gasteiger partial charge in [-0.05, 0) is 80.8 Å². The Morgan fingerprint density at radius 3 is 1.24 bits per heavy atom. The van der Waals surface area contributed by atoms with Crippen molar-refractivity contribution in [3.8, 4) is 20.9 Å². The Kier molecular flexibility index (Phi) is 15.1. The third-order valence-electron chi connectivity index (χ3n) is 9.82. The van der Waals surface area contributed by atoms with Gasteiger partial charge in [0.15, 0.2) is 0 Å². The van der Waals surface area contributed by atoms with Crippen molar-refractivity contribution in [2.75, 3.05) is 0 Å². The molecule has 9 heteroatoms. The molecule has 6 aromatic rings. The maximum Gasteiger partial charge on any atom is 0.114 e. The first-order valence-corrected chi connectivity index (χ1v) is 24.3. The highest BCUT2D eigenvalue weighted by Crippen LogP contribution is 2.48. The number of unbranched alkanes of at least 4 members (excludes halogenated alkanes) is 16. The molecule has 6 rings (SSSR count). The summed E-state index contributed by atoms with van der Waals surface area (Å²) >= 11 is 16.8. The van der Waals surface area contributed by atoms with Crippen molar-refractivity contribution in [2.24, 2.45) is 0 Å². The smallest absolute Gasteiger partial charge is 0.114 e. The van der Waals surface area contributed by atoms with E-state index >= 15 is 0 Å². The molecule has 0 fully saturated rings. The monoisotopic (exact) mass is 876 g/mol. The third-order valence-corrected chi connectivity index (χ3v) is 16.9. The highest BCUT2D eigenvalue weighted by molar-refractivity contribution is 9.11. The van der Waals surface area contributed by atoms with Gasteiger partial charge < -0.3 is 0 Å². The van der Waals surface area contributed by atoms with E-state index in [1.807, 2.05) is 45.3 Å². The molecule has 0 aliphatic rings. The molecule has 0 radical (unpaired) electrons. The molecule has 1 aromatic carbocycles. The van der Waals surface area contributed by atoms with Crippen molar-refractivity contribution in [2.45, 2.75) is 142 Å². The van der Waals surface area contributed by atoms with Crippen LogP contribution in [0.15, 0.2) is 31.8 Å². The Morgan fingerprint density at radius 2 is 0.857 bits per heavy atom. The molecular formula is C40H50Br2N2S5. The molecule has 0 aliphatic heterocycles. The zero-order valence-electron chi connectivity index (χ0n) is 29.1. The fourth-order valence-corrected chi connectivity index (χ4v) is 14.6. The minimum absolute atomic E-state index is 1.05. The number of rotatable bonds is 22. The quantitative estimate of drug-likeness (QED) is 0.0635. The van der Waals surface area contributed by atoms with Gasteiger partial charge in [-0.15, -0.1) is 45.3 Å². The highest BCUT2D eigenvalue weighted by atomic mass is 79.9. The van der Waals surface area contributed by atoms with Crippen LogP contribution < -0.4 is 0 Å². The van der Waals surface area contributed by atoms with E-state index in [0.29, 0.717) is 0 Å². The van der Waals surface area contributed by atoms with Crippen LogP contribution in [0.2, 0.25) is 0 Å². The second kappa shape index (κ2) is 19.4. The van der Waals surface area contributed by atoms with E-state index in [-0.39, 0.29) is 0 Å².